The number of unbranched alkanes of at least 4 members (excludes halogenated alkanes) is 1. The van der Waals surface area contributed by atoms with Crippen LogP contribution in [0.25, 0.3) is 20.2 Å². The van der Waals surface area contributed by atoms with Crippen molar-refractivity contribution in [3.63, 3.8) is 0 Å². The molecule has 0 aliphatic heterocycles. The summed E-state index contributed by atoms with van der Waals surface area (Å²) in [5.41, 5.74) is 0. The molecule has 4 heteroatoms. The lowest BCUT2D eigenvalue weighted by Gasteiger charge is -2.23. The van der Waals surface area contributed by atoms with E-state index < -0.39 is 0 Å². The molecule has 4 rings (SSSR count). The number of hydrogen-bond donors (Lipinski definition) is 0. The maximum absolute atomic E-state index is 15.1. The first-order valence-electron chi connectivity index (χ1n) is 9.70. The summed E-state index contributed by atoms with van der Waals surface area (Å²) in [4.78, 5) is 0. The molecule has 1 aromatic heterocycles. The molecule has 0 spiro atoms. The van der Waals surface area contributed by atoms with Gasteiger partial charge in [0.1, 0.15) is 5.75 Å². The maximum atomic E-state index is 15.1. The van der Waals surface area contributed by atoms with Crippen molar-refractivity contribution in [2.45, 2.75) is 58.0 Å². The highest BCUT2D eigenvalue weighted by Gasteiger charge is 2.19. The first kappa shape index (κ1) is 17.6. The van der Waals surface area contributed by atoms with E-state index >= 15 is 4.39 Å². The Morgan fingerprint density at radius 2 is 1.88 bits per heavy atom. The first-order valence-corrected chi connectivity index (χ1v) is 10.5. The summed E-state index contributed by atoms with van der Waals surface area (Å²) in [6, 6.07) is 9.83. The smallest absolute Gasteiger partial charge is 0.182 e. The van der Waals surface area contributed by atoms with E-state index in [1.165, 1.54) is 30.6 Å². The Morgan fingerprint density at radius 1 is 1.08 bits per heavy atom. The van der Waals surface area contributed by atoms with Crippen LogP contribution in [-0.4, -0.2) is 12.7 Å². The predicted molar refractivity (Wildman–Crippen MR) is 107 cm³/mol. The summed E-state index contributed by atoms with van der Waals surface area (Å²) in [6.07, 6.45) is 7.99. The van der Waals surface area contributed by atoms with Gasteiger partial charge < -0.3 is 9.47 Å². The summed E-state index contributed by atoms with van der Waals surface area (Å²) in [7, 11) is 0. The van der Waals surface area contributed by atoms with Crippen molar-refractivity contribution in [1.82, 2.24) is 0 Å². The van der Waals surface area contributed by atoms with Crippen molar-refractivity contribution in [2.24, 2.45) is 0 Å². The second-order valence-corrected chi connectivity index (χ2v) is 8.15. The summed E-state index contributed by atoms with van der Waals surface area (Å²) in [5, 5.41) is 2.04. The Labute approximate surface area is 157 Å². The van der Waals surface area contributed by atoms with Crippen LogP contribution in [0.4, 0.5) is 4.39 Å². The van der Waals surface area contributed by atoms with Gasteiger partial charge in [0, 0.05) is 15.5 Å². The third-order valence-electron chi connectivity index (χ3n) is 5.13. The Balaban J connectivity index is 1.64. The summed E-state index contributed by atoms with van der Waals surface area (Å²) >= 11 is 1.48. The van der Waals surface area contributed by atoms with Crippen LogP contribution < -0.4 is 9.47 Å². The molecule has 0 saturated heterocycles. The van der Waals surface area contributed by atoms with Crippen molar-refractivity contribution < 1.29 is 13.9 Å². The van der Waals surface area contributed by atoms with E-state index in [1.54, 1.807) is 6.07 Å². The Kier molecular flexibility index (Phi) is 5.30. The lowest BCUT2D eigenvalue weighted by Crippen LogP contribution is -2.20. The number of halogens is 1. The third kappa shape index (κ3) is 3.52. The molecule has 138 valence electrons. The van der Waals surface area contributed by atoms with Crippen LogP contribution in [0.3, 0.4) is 0 Å². The van der Waals surface area contributed by atoms with Crippen LogP contribution in [-0.2, 0) is 0 Å². The van der Waals surface area contributed by atoms with Crippen molar-refractivity contribution >= 4 is 31.5 Å². The Hall–Kier alpha value is -1.81. The standard InChI is InChI=1S/C22H25FO2S/c1-2-3-13-24-16-9-10-17-18-11-12-19(25-15-7-5-4-6-8-15)21(23)22(18)26-20(17)14-16/h9-12,14-15H,2-8,13H2,1H3. The van der Waals surface area contributed by atoms with Crippen molar-refractivity contribution in [1.29, 1.82) is 0 Å². The van der Waals surface area contributed by atoms with E-state index in [9.17, 15) is 0 Å². The van der Waals surface area contributed by atoms with Gasteiger partial charge in [-0.3, -0.25) is 0 Å². The fourth-order valence-electron chi connectivity index (χ4n) is 3.65. The van der Waals surface area contributed by atoms with Gasteiger partial charge in [0.25, 0.3) is 0 Å². The fourth-order valence-corrected chi connectivity index (χ4v) is 4.81. The molecule has 0 radical (unpaired) electrons. The number of rotatable bonds is 6. The van der Waals surface area contributed by atoms with Gasteiger partial charge in [0.05, 0.1) is 17.4 Å². The van der Waals surface area contributed by atoms with Crippen LogP contribution in [0.2, 0.25) is 0 Å². The average Bonchev–Trinajstić information content (AvgIpc) is 3.04. The lowest BCUT2D eigenvalue weighted by atomic mass is 9.98. The number of thiophene rings is 1. The van der Waals surface area contributed by atoms with E-state index in [-0.39, 0.29) is 11.9 Å². The van der Waals surface area contributed by atoms with Crippen LogP contribution in [0, 0.1) is 5.82 Å². The number of benzene rings is 2. The quantitative estimate of drug-likeness (QED) is 0.430. The minimum absolute atomic E-state index is 0.156. The van der Waals surface area contributed by atoms with Gasteiger partial charge in [-0.1, -0.05) is 19.8 Å². The van der Waals surface area contributed by atoms with Crippen LogP contribution >= 0.6 is 11.3 Å². The minimum Gasteiger partial charge on any atom is -0.494 e. The Bertz CT molecular complexity index is 896. The highest BCUT2D eigenvalue weighted by Crippen LogP contribution is 2.40. The molecule has 0 bridgehead atoms. The summed E-state index contributed by atoms with van der Waals surface area (Å²) in [6.45, 7) is 2.87. The molecule has 0 atom stereocenters. The fraction of sp³-hybridized carbons (Fsp3) is 0.455. The molecule has 0 N–H and O–H groups in total. The lowest BCUT2D eigenvalue weighted by molar-refractivity contribution is 0.149. The molecule has 1 aliphatic carbocycles. The largest absolute Gasteiger partial charge is 0.494 e. The average molecular weight is 373 g/mol. The topological polar surface area (TPSA) is 18.5 Å². The maximum Gasteiger partial charge on any atom is 0.182 e. The predicted octanol–water partition coefficient (Wildman–Crippen LogP) is 7.08. The molecule has 1 fully saturated rings. The van der Waals surface area contributed by atoms with Gasteiger partial charge in [0.15, 0.2) is 11.6 Å². The van der Waals surface area contributed by atoms with E-state index in [4.69, 9.17) is 9.47 Å². The highest BCUT2D eigenvalue weighted by atomic mass is 32.1. The molecule has 3 aromatic rings. The number of hydrogen-bond acceptors (Lipinski definition) is 3. The van der Waals surface area contributed by atoms with E-state index in [0.29, 0.717) is 10.4 Å². The second-order valence-electron chi connectivity index (χ2n) is 7.09. The van der Waals surface area contributed by atoms with E-state index in [0.717, 1.165) is 53.5 Å². The number of ether oxygens (including phenoxy) is 2. The van der Waals surface area contributed by atoms with E-state index in [2.05, 4.69) is 6.92 Å². The first-order chi connectivity index (χ1) is 12.8. The zero-order chi connectivity index (χ0) is 17.9. The molecule has 1 saturated carbocycles. The van der Waals surface area contributed by atoms with Gasteiger partial charge >= 0.3 is 0 Å². The molecule has 0 unspecified atom stereocenters. The van der Waals surface area contributed by atoms with Crippen molar-refractivity contribution in [2.75, 3.05) is 6.61 Å². The van der Waals surface area contributed by atoms with Crippen LogP contribution in [0.5, 0.6) is 11.5 Å². The van der Waals surface area contributed by atoms with Gasteiger partial charge in [-0.05, 0) is 62.4 Å². The molecule has 2 aromatic carbocycles. The molecule has 1 aliphatic rings. The molecule has 0 amide bonds. The van der Waals surface area contributed by atoms with Gasteiger partial charge in [-0.15, -0.1) is 11.3 Å². The number of fused-ring (bicyclic) bond motifs is 3. The zero-order valence-electron chi connectivity index (χ0n) is 15.2. The molecule has 1 heterocycles. The Morgan fingerprint density at radius 3 is 2.69 bits per heavy atom. The summed E-state index contributed by atoms with van der Waals surface area (Å²) < 4.78 is 28.6. The monoisotopic (exact) mass is 372 g/mol. The molecule has 2 nitrogen and oxygen atoms in total. The third-order valence-corrected chi connectivity index (χ3v) is 6.29. The molecule has 26 heavy (non-hydrogen) atoms. The zero-order valence-corrected chi connectivity index (χ0v) is 16.0. The van der Waals surface area contributed by atoms with Crippen molar-refractivity contribution in [3.05, 3.63) is 36.1 Å². The van der Waals surface area contributed by atoms with Gasteiger partial charge in [0.2, 0.25) is 0 Å². The van der Waals surface area contributed by atoms with Crippen LogP contribution in [0.15, 0.2) is 30.3 Å². The molecular formula is C22H25FO2S. The SMILES string of the molecule is CCCCOc1ccc2c(c1)sc1c(F)c(OC3CCCCC3)ccc12. The van der Waals surface area contributed by atoms with Gasteiger partial charge in [-0.25, -0.2) is 4.39 Å². The normalized spacial score (nSPS) is 15.6. The van der Waals surface area contributed by atoms with Crippen LogP contribution in [0.1, 0.15) is 51.9 Å². The molecular weight excluding hydrogens is 347 g/mol. The second kappa shape index (κ2) is 7.83. The minimum atomic E-state index is -0.220. The van der Waals surface area contributed by atoms with Crippen molar-refractivity contribution in [3.8, 4) is 11.5 Å². The highest BCUT2D eigenvalue weighted by molar-refractivity contribution is 7.25. The van der Waals surface area contributed by atoms with E-state index in [1.807, 2.05) is 24.3 Å². The van der Waals surface area contributed by atoms with Gasteiger partial charge in [-0.2, -0.15) is 0 Å². The summed E-state index contributed by atoms with van der Waals surface area (Å²) in [5.74, 6) is 1.04.